The Labute approximate surface area is 163 Å². The summed E-state index contributed by atoms with van der Waals surface area (Å²) >= 11 is 7.75. The molecule has 0 spiro atoms. The van der Waals surface area contributed by atoms with E-state index in [1.807, 2.05) is 0 Å². The van der Waals surface area contributed by atoms with E-state index in [1.54, 1.807) is 48.2 Å². The van der Waals surface area contributed by atoms with Crippen LogP contribution in [0, 0.1) is 5.82 Å². The van der Waals surface area contributed by atoms with E-state index in [0.29, 0.717) is 13.1 Å². The molecule has 3 rings (SSSR count). The van der Waals surface area contributed by atoms with Gasteiger partial charge in [-0.3, -0.25) is 0 Å². The molecule has 4 nitrogen and oxygen atoms in total. The van der Waals surface area contributed by atoms with Crippen LogP contribution in [0.4, 0.5) is 4.39 Å². The highest BCUT2D eigenvalue weighted by molar-refractivity contribution is 7.99. The van der Waals surface area contributed by atoms with Gasteiger partial charge in [0.15, 0.2) is 0 Å². The summed E-state index contributed by atoms with van der Waals surface area (Å²) < 4.78 is 39.9. The molecule has 1 heterocycles. The minimum Gasteiger partial charge on any atom is -0.332 e. The second kappa shape index (κ2) is 8.71. The molecule has 1 saturated heterocycles. The molecule has 0 aliphatic carbocycles. The first-order chi connectivity index (χ1) is 12.5. The van der Waals surface area contributed by atoms with Crippen LogP contribution < -0.4 is 4.90 Å². The van der Waals surface area contributed by atoms with E-state index in [0.717, 1.165) is 30.3 Å². The molecule has 0 bridgehead atoms. The summed E-state index contributed by atoms with van der Waals surface area (Å²) in [6.45, 7) is 3.47. The molecule has 2 aromatic carbocycles. The van der Waals surface area contributed by atoms with Gasteiger partial charge in [-0.25, -0.2) is 12.8 Å². The van der Waals surface area contributed by atoms with Crippen molar-refractivity contribution in [1.29, 1.82) is 0 Å². The lowest BCUT2D eigenvalue weighted by molar-refractivity contribution is -0.901. The van der Waals surface area contributed by atoms with Crippen molar-refractivity contribution in [3.05, 3.63) is 59.4 Å². The van der Waals surface area contributed by atoms with Crippen LogP contribution in [0.25, 0.3) is 0 Å². The van der Waals surface area contributed by atoms with Crippen molar-refractivity contribution in [2.24, 2.45) is 0 Å². The summed E-state index contributed by atoms with van der Waals surface area (Å²) in [5.74, 6) is 0.689. The molecule has 0 amide bonds. The maximum Gasteiger partial charge on any atom is 0.244 e. The number of hydrogen-bond acceptors (Lipinski definition) is 3. The summed E-state index contributed by atoms with van der Waals surface area (Å²) in [4.78, 5) is 2.60. The number of sulfonamides is 1. The van der Waals surface area contributed by atoms with Gasteiger partial charge in [-0.1, -0.05) is 23.7 Å². The zero-order chi connectivity index (χ0) is 18.6. The molecule has 8 heteroatoms. The van der Waals surface area contributed by atoms with E-state index in [-0.39, 0.29) is 15.7 Å². The molecular formula is C18H21ClFN2O2S2+. The molecule has 2 aromatic rings. The molecule has 140 valence electrons. The molecule has 0 unspecified atom stereocenters. The molecule has 0 saturated carbocycles. The fraction of sp³-hybridized carbons (Fsp3) is 0.333. The van der Waals surface area contributed by atoms with Gasteiger partial charge in [0.05, 0.1) is 37.7 Å². The summed E-state index contributed by atoms with van der Waals surface area (Å²) in [5.41, 5.74) is 0. The average molecular weight is 416 g/mol. The first kappa shape index (κ1) is 19.6. The average Bonchev–Trinajstić information content (AvgIpc) is 2.64. The molecule has 1 N–H and O–H groups in total. The Morgan fingerprint density at radius 1 is 1.08 bits per heavy atom. The van der Waals surface area contributed by atoms with E-state index in [9.17, 15) is 12.8 Å². The Hall–Kier alpha value is -1.12. The molecule has 0 radical (unpaired) electrons. The largest absolute Gasteiger partial charge is 0.332 e. The van der Waals surface area contributed by atoms with E-state index in [2.05, 4.69) is 0 Å². The van der Waals surface area contributed by atoms with Crippen LogP contribution in [-0.2, 0) is 10.0 Å². The Bertz CT molecular complexity index is 839. The number of halogens is 2. The smallest absolute Gasteiger partial charge is 0.244 e. The van der Waals surface area contributed by atoms with Crippen LogP contribution in [0.3, 0.4) is 0 Å². The van der Waals surface area contributed by atoms with E-state index in [4.69, 9.17) is 11.6 Å². The molecule has 26 heavy (non-hydrogen) atoms. The van der Waals surface area contributed by atoms with Gasteiger partial charge in [-0.15, -0.1) is 11.8 Å². The van der Waals surface area contributed by atoms with Crippen LogP contribution in [0.1, 0.15) is 0 Å². The van der Waals surface area contributed by atoms with Gasteiger partial charge in [-0.2, -0.15) is 4.31 Å². The number of nitrogens with one attached hydrogen (secondary N) is 1. The molecule has 0 atom stereocenters. The zero-order valence-corrected chi connectivity index (χ0v) is 16.6. The Morgan fingerprint density at radius 3 is 2.38 bits per heavy atom. The SMILES string of the molecule is O=S(=O)(c1ccccc1Cl)N1CC[NH+](CCSc2ccc(F)cc2)CC1. The topological polar surface area (TPSA) is 41.8 Å². The van der Waals surface area contributed by atoms with Crippen molar-refractivity contribution < 1.29 is 17.7 Å². The van der Waals surface area contributed by atoms with Gasteiger partial charge in [-0.05, 0) is 36.4 Å². The number of quaternary nitrogens is 1. The van der Waals surface area contributed by atoms with Crippen molar-refractivity contribution in [3.63, 3.8) is 0 Å². The van der Waals surface area contributed by atoms with Crippen LogP contribution in [0.2, 0.25) is 5.02 Å². The number of nitrogens with zero attached hydrogens (tertiary/aromatic N) is 1. The third-order valence-corrected chi connectivity index (χ3v) is 7.83. The lowest BCUT2D eigenvalue weighted by atomic mass is 10.3. The Morgan fingerprint density at radius 2 is 1.73 bits per heavy atom. The highest BCUT2D eigenvalue weighted by Crippen LogP contribution is 2.24. The maximum atomic E-state index is 12.9. The van der Waals surface area contributed by atoms with Gasteiger partial charge in [0.2, 0.25) is 10.0 Å². The molecular weight excluding hydrogens is 395 g/mol. The number of hydrogen-bond donors (Lipinski definition) is 1. The molecule has 1 aliphatic heterocycles. The number of thioether (sulfide) groups is 1. The highest BCUT2D eigenvalue weighted by Gasteiger charge is 2.31. The first-order valence-electron chi connectivity index (χ1n) is 8.43. The van der Waals surface area contributed by atoms with Gasteiger partial charge in [0.1, 0.15) is 10.7 Å². The molecule has 0 aromatic heterocycles. The van der Waals surface area contributed by atoms with Crippen molar-refractivity contribution in [2.45, 2.75) is 9.79 Å². The van der Waals surface area contributed by atoms with Gasteiger partial charge < -0.3 is 4.90 Å². The normalized spacial score (nSPS) is 16.7. The monoisotopic (exact) mass is 415 g/mol. The Kier molecular flexibility index (Phi) is 6.58. The van der Waals surface area contributed by atoms with Crippen LogP contribution in [0.15, 0.2) is 58.3 Å². The fourth-order valence-electron chi connectivity index (χ4n) is 2.93. The van der Waals surface area contributed by atoms with Crippen LogP contribution in [0.5, 0.6) is 0 Å². The van der Waals surface area contributed by atoms with Crippen molar-refractivity contribution in [3.8, 4) is 0 Å². The first-order valence-corrected chi connectivity index (χ1v) is 11.2. The minimum atomic E-state index is -3.54. The predicted molar refractivity (Wildman–Crippen MR) is 103 cm³/mol. The fourth-order valence-corrected chi connectivity index (χ4v) is 5.82. The Balaban J connectivity index is 1.49. The van der Waals surface area contributed by atoms with Gasteiger partial charge in [0.25, 0.3) is 0 Å². The van der Waals surface area contributed by atoms with Crippen LogP contribution in [-0.4, -0.2) is 51.2 Å². The minimum absolute atomic E-state index is 0.178. The van der Waals surface area contributed by atoms with Gasteiger partial charge >= 0.3 is 0 Å². The zero-order valence-electron chi connectivity index (χ0n) is 14.2. The standard InChI is InChI=1S/C18H20ClFN2O2S2/c19-17-3-1-2-4-18(17)26(23,24)22-11-9-21(10-12-22)13-14-25-16-7-5-15(20)6-8-16/h1-8H,9-14H2/p+1. The molecule has 1 fully saturated rings. The predicted octanol–water partition coefficient (Wildman–Crippen LogP) is 2.16. The number of piperazine rings is 1. The number of benzene rings is 2. The van der Waals surface area contributed by atoms with Crippen LogP contribution >= 0.6 is 23.4 Å². The van der Waals surface area contributed by atoms with Gasteiger partial charge in [0, 0.05) is 10.6 Å². The lowest BCUT2D eigenvalue weighted by Crippen LogP contribution is -3.15. The quantitative estimate of drug-likeness (QED) is 0.735. The van der Waals surface area contributed by atoms with Crippen molar-refractivity contribution in [2.75, 3.05) is 38.5 Å². The summed E-state index contributed by atoms with van der Waals surface area (Å²) in [6, 6.07) is 13.1. The highest BCUT2D eigenvalue weighted by atomic mass is 35.5. The lowest BCUT2D eigenvalue weighted by Gasteiger charge is -2.31. The summed E-state index contributed by atoms with van der Waals surface area (Å²) in [6.07, 6.45) is 0. The molecule has 1 aliphatic rings. The third-order valence-electron chi connectivity index (χ3n) is 4.42. The van der Waals surface area contributed by atoms with E-state index < -0.39 is 10.0 Å². The second-order valence-electron chi connectivity index (χ2n) is 6.14. The number of rotatable bonds is 6. The summed E-state index contributed by atoms with van der Waals surface area (Å²) in [5, 5.41) is 0.262. The summed E-state index contributed by atoms with van der Waals surface area (Å²) in [7, 11) is -3.54. The third kappa shape index (κ3) is 4.78. The van der Waals surface area contributed by atoms with Crippen molar-refractivity contribution >= 4 is 33.4 Å². The van der Waals surface area contributed by atoms with E-state index in [1.165, 1.54) is 21.3 Å². The van der Waals surface area contributed by atoms with Crippen molar-refractivity contribution in [1.82, 2.24) is 4.31 Å². The maximum absolute atomic E-state index is 12.9. The second-order valence-corrected chi connectivity index (χ2v) is 9.62. The van der Waals surface area contributed by atoms with E-state index >= 15 is 0 Å².